The normalized spacial score (nSPS) is 25.8. The molecule has 0 spiro atoms. The third-order valence-corrected chi connectivity index (χ3v) is 5.62. The molecule has 0 bridgehead atoms. The highest BCUT2D eigenvalue weighted by molar-refractivity contribution is 9.10. The molecule has 3 heteroatoms. The highest BCUT2D eigenvalue weighted by atomic mass is 79.9. The van der Waals surface area contributed by atoms with E-state index in [1.54, 1.807) is 0 Å². The number of halogens is 1. The average Bonchev–Trinajstić information content (AvgIpc) is 3.33. The number of benzene rings is 1. The molecule has 1 aromatic rings. The third-order valence-electron chi connectivity index (χ3n) is 4.85. The lowest BCUT2D eigenvalue weighted by Gasteiger charge is -2.28. The van der Waals surface area contributed by atoms with Crippen LogP contribution in [0.5, 0.6) is 5.75 Å². The summed E-state index contributed by atoms with van der Waals surface area (Å²) in [6, 6.07) is 7.16. The summed E-state index contributed by atoms with van der Waals surface area (Å²) in [5.41, 5.74) is 1.31. The molecular weight excluding hydrogens is 326 g/mol. The number of rotatable bonds is 6. The highest BCUT2D eigenvalue weighted by Gasteiger charge is 2.22. The number of hydrogen-bond acceptors (Lipinski definition) is 2. The predicted octanol–water partition coefficient (Wildman–Crippen LogP) is 5.05. The molecule has 1 N–H and O–H groups in total. The van der Waals surface area contributed by atoms with Gasteiger partial charge in [0.2, 0.25) is 0 Å². The zero-order valence-electron chi connectivity index (χ0n) is 12.9. The first-order chi connectivity index (χ1) is 10.2. The lowest BCUT2D eigenvalue weighted by Crippen LogP contribution is -2.24. The second kappa shape index (κ2) is 7.15. The fraction of sp³-hybridized carbons (Fsp3) is 0.667. The van der Waals surface area contributed by atoms with E-state index in [-0.39, 0.29) is 0 Å². The van der Waals surface area contributed by atoms with Gasteiger partial charge in [-0.1, -0.05) is 29.3 Å². The third kappa shape index (κ3) is 4.46. The molecule has 1 aromatic carbocycles. The Morgan fingerprint density at radius 3 is 2.57 bits per heavy atom. The van der Waals surface area contributed by atoms with Gasteiger partial charge in [0.25, 0.3) is 0 Å². The van der Waals surface area contributed by atoms with Crippen molar-refractivity contribution in [3.63, 3.8) is 0 Å². The lowest BCUT2D eigenvalue weighted by molar-refractivity contribution is 0.130. The van der Waals surface area contributed by atoms with Crippen LogP contribution in [-0.2, 0) is 6.54 Å². The fourth-order valence-electron chi connectivity index (χ4n) is 3.15. The number of ether oxygens (including phenoxy) is 1. The molecule has 2 aliphatic rings. The topological polar surface area (TPSA) is 21.3 Å². The molecule has 2 nitrogen and oxygen atoms in total. The first-order valence-electron chi connectivity index (χ1n) is 8.43. The Hall–Kier alpha value is -0.540. The average molecular weight is 352 g/mol. The van der Waals surface area contributed by atoms with Crippen LogP contribution in [0.1, 0.15) is 57.4 Å². The van der Waals surface area contributed by atoms with E-state index >= 15 is 0 Å². The van der Waals surface area contributed by atoms with Gasteiger partial charge in [-0.25, -0.2) is 0 Å². The Labute approximate surface area is 136 Å². The summed E-state index contributed by atoms with van der Waals surface area (Å²) in [6.07, 6.45) is 9.47. The maximum absolute atomic E-state index is 6.22. The number of hydrogen-bond donors (Lipinski definition) is 1. The molecule has 0 atom stereocenters. The first kappa shape index (κ1) is 15.4. The molecule has 0 radical (unpaired) electrons. The SMILES string of the molecule is CCC1CCC(Oc2ccc(Br)c(CNC3CC3)c2)CC1. The largest absolute Gasteiger partial charge is 0.490 e. The van der Waals surface area contributed by atoms with Gasteiger partial charge in [-0.2, -0.15) is 0 Å². The zero-order chi connectivity index (χ0) is 14.7. The van der Waals surface area contributed by atoms with Crippen LogP contribution in [0.25, 0.3) is 0 Å². The van der Waals surface area contributed by atoms with Gasteiger partial charge in [-0.15, -0.1) is 0 Å². The Balaban J connectivity index is 1.56. The zero-order valence-corrected chi connectivity index (χ0v) is 14.5. The van der Waals surface area contributed by atoms with Gasteiger partial charge in [0.05, 0.1) is 6.10 Å². The minimum Gasteiger partial charge on any atom is -0.490 e. The van der Waals surface area contributed by atoms with E-state index in [9.17, 15) is 0 Å². The van der Waals surface area contributed by atoms with Crippen molar-refractivity contribution in [3.05, 3.63) is 28.2 Å². The van der Waals surface area contributed by atoms with Crippen LogP contribution < -0.4 is 10.1 Å². The highest BCUT2D eigenvalue weighted by Crippen LogP contribution is 2.31. The number of nitrogens with one attached hydrogen (secondary N) is 1. The van der Waals surface area contributed by atoms with Crippen molar-refractivity contribution in [2.75, 3.05) is 0 Å². The van der Waals surface area contributed by atoms with E-state index in [0.717, 1.165) is 24.3 Å². The molecule has 2 fully saturated rings. The van der Waals surface area contributed by atoms with Crippen molar-refractivity contribution >= 4 is 15.9 Å². The summed E-state index contributed by atoms with van der Waals surface area (Å²) in [6.45, 7) is 3.24. The molecule has 0 aromatic heterocycles. The Morgan fingerprint density at radius 2 is 1.90 bits per heavy atom. The quantitative estimate of drug-likeness (QED) is 0.774. The van der Waals surface area contributed by atoms with E-state index < -0.39 is 0 Å². The van der Waals surface area contributed by atoms with E-state index in [2.05, 4.69) is 46.4 Å². The molecule has 21 heavy (non-hydrogen) atoms. The molecule has 116 valence electrons. The lowest BCUT2D eigenvalue weighted by atomic mass is 9.86. The second-order valence-corrected chi connectivity index (χ2v) is 7.43. The fourth-order valence-corrected chi connectivity index (χ4v) is 3.54. The van der Waals surface area contributed by atoms with Crippen molar-refractivity contribution in [2.24, 2.45) is 5.92 Å². The standard InChI is InChI=1S/C18H26BrNO/c1-2-13-3-7-16(8-4-13)21-17-9-10-18(19)14(11-17)12-20-15-5-6-15/h9-11,13,15-16,20H,2-8,12H2,1H3. The molecule has 0 unspecified atom stereocenters. The van der Waals surface area contributed by atoms with Crippen LogP contribution in [0.15, 0.2) is 22.7 Å². The smallest absolute Gasteiger partial charge is 0.120 e. The molecule has 0 aliphatic heterocycles. The molecule has 2 aliphatic carbocycles. The van der Waals surface area contributed by atoms with E-state index in [1.165, 1.54) is 55.0 Å². The monoisotopic (exact) mass is 351 g/mol. The Kier molecular flexibility index (Phi) is 5.23. The van der Waals surface area contributed by atoms with Crippen molar-refractivity contribution in [3.8, 4) is 5.75 Å². The van der Waals surface area contributed by atoms with Gasteiger partial charge >= 0.3 is 0 Å². The van der Waals surface area contributed by atoms with Crippen molar-refractivity contribution in [2.45, 2.75) is 70.6 Å². The molecule has 3 rings (SSSR count). The van der Waals surface area contributed by atoms with Crippen LogP contribution in [-0.4, -0.2) is 12.1 Å². The second-order valence-electron chi connectivity index (χ2n) is 6.58. The summed E-state index contributed by atoms with van der Waals surface area (Å²) >= 11 is 3.65. The van der Waals surface area contributed by atoms with Crippen LogP contribution in [0.3, 0.4) is 0 Å². The maximum atomic E-state index is 6.22. The van der Waals surface area contributed by atoms with Crippen molar-refractivity contribution in [1.82, 2.24) is 5.32 Å². The Morgan fingerprint density at radius 1 is 1.14 bits per heavy atom. The summed E-state index contributed by atoms with van der Waals surface area (Å²) in [7, 11) is 0. The molecule has 2 saturated carbocycles. The van der Waals surface area contributed by atoms with E-state index in [1.807, 2.05) is 0 Å². The maximum Gasteiger partial charge on any atom is 0.120 e. The summed E-state index contributed by atoms with van der Waals surface area (Å²) < 4.78 is 7.40. The summed E-state index contributed by atoms with van der Waals surface area (Å²) in [5, 5.41) is 3.57. The minimum absolute atomic E-state index is 0.415. The van der Waals surface area contributed by atoms with Crippen molar-refractivity contribution < 1.29 is 4.74 Å². The van der Waals surface area contributed by atoms with Gasteiger partial charge < -0.3 is 10.1 Å². The van der Waals surface area contributed by atoms with Crippen LogP contribution in [0.2, 0.25) is 0 Å². The minimum atomic E-state index is 0.415. The summed E-state index contributed by atoms with van der Waals surface area (Å²) in [5.74, 6) is 1.96. The van der Waals surface area contributed by atoms with Gasteiger partial charge in [-0.05, 0) is 68.2 Å². The van der Waals surface area contributed by atoms with Gasteiger partial charge in [0.15, 0.2) is 0 Å². The van der Waals surface area contributed by atoms with Crippen LogP contribution in [0.4, 0.5) is 0 Å². The van der Waals surface area contributed by atoms with Gasteiger partial charge in [0.1, 0.15) is 5.75 Å². The Bertz CT molecular complexity index is 464. The predicted molar refractivity (Wildman–Crippen MR) is 90.7 cm³/mol. The van der Waals surface area contributed by atoms with Crippen molar-refractivity contribution in [1.29, 1.82) is 0 Å². The van der Waals surface area contributed by atoms with E-state index in [0.29, 0.717) is 6.10 Å². The van der Waals surface area contributed by atoms with Crippen LogP contribution in [0, 0.1) is 5.92 Å². The van der Waals surface area contributed by atoms with Gasteiger partial charge in [-0.3, -0.25) is 0 Å². The molecular formula is C18H26BrNO. The van der Waals surface area contributed by atoms with E-state index in [4.69, 9.17) is 4.74 Å². The molecule has 0 heterocycles. The molecule has 0 amide bonds. The summed E-state index contributed by atoms with van der Waals surface area (Å²) in [4.78, 5) is 0. The van der Waals surface area contributed by atoms with Crippen LogP contribution >= 0.6 is 15.9 Å². The van der Waals surface area contributed by atoms with Gasteiger partial charge in [0, 0.05) is 17.1 Å². The molecule has 0 saturated heterocycles. The first-order valence-corrected chi connectivity index (χ1v) is 9.22.